The predicted molar refractivity (Wildman–Crippen MR) is 129 cm³/mol. The number of benzene rings is 1. The highest BCUT2D eigenvalue weighted by Gasteiger charge is 2.60. The molecule has 33 heavy (non-hydrogen) atoms. The molecule has 0 spiro atoms. The summed E-state index contributed by atoms with van der Waals surface area (Å²) in [6, 6.07) is 4.13. The maximum Gasteiger partial charge on any atom is 0.127 e. The van der Waals surface area contributed by atoms with Crippen LogP contribution in [0.5, 0.6) is 11.5 Å². The summed E-state index contributed by atoms with van der Waals surface area (Å²) < 4.78 is 13.6. The van der Waals surface area contributed by atoms with E-state index in [4.69, 9.17) is 21.7 Å². The molecule has 5 atom stereocenters. The van der Waals surface area contributed by atoms with E-state index < -0.39 is 5.60 Å². The van der Waals surface area contributed by atoms with E-state index in [1.54, 1.807) is 0 Å². The Morgan fingerprint density at radius 3 is 2.58 bits per heavy atom. The number of isothiocyanates is 1. The Kier molecular flexibility index (Phi) is 5.02. The number of fused-ring (bicyclic) bond motifs is 3. The van der Waals surface area contributed by atoms with Crippen LogP contribution < -0.4 is 4.74 Å². The summed E-state index contributed by atoms with van der Waals surface area (Å²) >= 11 is 4.86. The van der Waals surface area contributed by atoms with Crippen LogP contribution in [-0.4, -0.2) is 39.7 Å². The molecule has 4 bridgehead atoms. The minimum absolute atomic E-state index is 0.212. The van der Waals surface area contributed by atoms with Crippen LogP contribution in [0.15, 0.2) is 17.1 Å². The molecule has 1 aromatic rings. The Bertz CT molecular complexity index is 1000. The minimum atomic E-state index is -0.391. The van der Waals surface area contributed by atoms with Gasteiger partial charge in [0.15, 0.2) is 0 Å². The fourth-order valence-corrected chi connectivity index (χ4v) is 8.64. The number of hydrogen-bond acceptors (Lipinski definition) is 6. The van der Waals surface area contributed by atoms with Crippen LogP contribution in [0.3, 0.4) is 0 Å². The standard InChI is InChI=1S/C27H35NO4S/c1-25(2)21-4-3-16(13-29)6-20(21)24-22(30)7-19(8-23(24)31-25)27-11-17-5-18(12-27)10-26(9-17,32-27)14-28-15-33/h7-8,16-18,20-21,29-30H,3-6,9-14H2,1-2H3/t16-,17?,18?,20-,21-,26?,27?/m1/s1. The molecular formula is C27H35NO4S. The van der Waals surface area contributed by atoms with E-state index in [2.05, 4.69) is 30.1 Å². The molecule has 6 heteroatoms. The van der Waals surface area contributed by atoms with E-state index in [9.17, 15) is 10.2 Å². The zero-order valence-electron chi connectivity index (χ0n) is 19.7. The second kappa shape index (κ2) is 7.52. The second-order valence-corrected chi connectivity index (χ2v) is 12.3. The van der Waals surface area contributed by atoms with E-state index in [-0.39, 0.29) is 23.7 Å². The summed E-state index contributed by atoms with van der Waals surface area (Å²) in [5.41, 5.74) is 1.03. The third kappa shape index (κ3) is 3.40. The lowest BCUT2D eigenvalue weighted by atomic mass is 9.56. The Labute approximate surface area is 201 Å². The zero-order valence-corrected chi connectivity index (χ0v) is 20.5. The molecule has 3 saturated carbocycles. The molecule has 3 aliphatic heterocycles. The minimum Gasteiger partial charge on any atom is -0.508 e. The van der Waals surface area contributed by atoms with E-state index in [1.807, 2.05) is 6.07 Å². The number of phenolic OH excluding ortho intramolecular Hbond substituents is 1. The first-order chi connectivity index (χ1) is 15.8. The first-order valence-corrected chi connectivity index (χ1v) is 13.1. The van der Waals surface area contributed by atoms with Gasteiger partial charge in [-0.1, -0.05) is 0 Å². The quantitative estimate of drug-likeness (QED) is 0.461. The zero-order chi connectivity index (χ0) is 23.0. The van der Waals surface area contributed by atoms with Crippen molar-refractivity contribution in [3.05, 3.63) is 23.3 Å². The summed E-state index contributed by atoms with van der Waals surface area (Å²) in [6.07, 6.45) is 8.27. The number of nitrogens with zero attached hydrogens (tertiary/aromatic N) is 1. The fraction of sp³-hybridized carbons (Fsp3) is 0.741. The Morgan fingerprint density at radius 2 is 1.88 bits per heavy atom. The van der Waals surface area contributed by atoms with E-state index in [0.29, 0.717) is 36.0 Å². The molecule has 3 aliphatic carbocycles. The van der Waals surface area contributed by atoms with E-state index in [0.717, 1.165) is 61.8 Å². The van der Waals surface area contributed by atoms with Crippen LogP contribution >= 0.6 is 12.2 Å². The third-order valence-electron chi connectivity index (χ3n) is 9.57. The van der Waals surface area contributed by atoms with Gasteiger partial charge in [0.05, 0.1) is 22.9 Å². The molecule has 0 amide bonds. The van der Waals surface area contributed by atoms with Crippen LogP contribution in [0.1, 0.15) is 82.3 Å². The van der Waals surface area contributed by atoms with Gasteiger partial charge < -0.3 is 19.7 Å². The monoisotopic (exact) mass is 469 g/mol. The van der Waals surface area contributed by atoms with Crippen molar-refractivity contribution in [1.29, 1.82) is 0 Å². The number of aliphatic hydroxyl groups is 1. The molecule has 3 heterocycles. The largest absolute Gasteiger partial charge is 0.508 e. The highest BCUT2D eigenvalue weighted by Crippen LogP contribution is 2.63. The number of thiocarbonyl (C=S) groups is 1. The van der Waals surface area contributed by atoms with E-state index >= 15 is 0 Å². The average Bonchev–Trinajstić information content (AvgIpc) is 2.75. The lowest BCUT2D eigenvalue weighted by Gasteiger charge is -2.61. The summed E-state index contributed by atoms with van der Waals surface area (Å²) in [6.45, 7) is 5.15. The van der Waals surface area contributed by atoms with Gasteiger partial charge in [0, 0.05) is 18.1 Å². The summed E-state index contributed by atoms with van der Waals surface area (Å²) in [7, 11) is 0. The fourth-order valence-electron chi connectivity index (χ4n) is 8.58. The van der Waals surface area contributed by atoms with Crippen LogP contribution in [0.4, 0.5) is 0 Å². The molecule has 178 valence electrons. The maximum absolute atomic E-state index is 11.4. The van der Waals surface area contributed by atoms with Crippen LogP contribution in [0.25, 0.3) is 0 Å². The summed E-state index contributed by atoms with van der Waals surface area (Å²) in [5.74, 6) is 3.22. The van der Waals surface area contributed by atoms with Crippen molar-refractivity contribution in [3.63, 3.8) is 0 Å². The van der Waals surface area contributed by atoms with Crippen molar-refractivity contribution in [3.8, 4) is 11.5 Å². The van der Waals surface area contributed by atoms with Crippen LogP contribution in [0.2, 0.25) is 0 Å². The molecule has 5 nitrogen and oxygen atoms in total. The van der Waals surface area contributed by atoms with Crippen LogP contribution in [0, 0.1) is 23.7 Å². The normalized spacial score (nSPS) is 42.1. The van der Waals surface area contributed by atoms with Gasteiger partial charge in [-0.05, 0) is 119 Å². The van der Waals surface area contributed by atoms with Gasteiger partial charge >= 0.3 is 0 Å². The van der Waals surface area contributed by atoms with Gasteiger partial charge in [0.2, 0.25) is 0 Å². The van der Waals surface area contributed by atoms with Gasteiger partial charge in [-0.3, -0.25) is 0 Å². The number of ether oxygens (including phenoxy) is 2. The number of aliphatic imine (C=N–C) groups is 1. The first-order valence-electron chi connectivity index (χ1n) is 12.7. The number of phenols is 1. The average molecular weight is 470 g/mol. The second-order valence-electron chi connectivity index (χ2n) is 12.2. The number of rotatable bonds is 4. The number of aliphatic hydroxyl groups excluding tert-OH is 1. The summed E-state index contributed by atoms with van der Waals surface area (Å²) in [4.78, 5) is 4.30. The lowest BCUT2D eigenvalue weighted by Crippen LogP contribution is -2.60. The molecule has 7 rings (SSSR count). The number of hydrogen-bond donors (Lipinski definition) is 2. The molecule has 2 N–H and O–H groups in total. The molecule has 2 saturated heterocycles. The predicted octanol–water partition coefficient (Wildman–Crippen LogP) is 5.33. The Balaban J connectivity index is 1.41. The van der Waals surface area contributed by atoms with Gasteiger partial charge in [0.1, 0.15) is 17.1 Å². The van der Waals surface area contributed by atoms with Gasteiger partial charge in [-0.15, -0.1) is 0 Å². The maximum atomic E-state index is 11.4. The van der Waals surface area contributed by atoms with Gasteiger partial charge in [-0.2, -0.15) is 0 Å². The summed E-state index contributed by atoms with van der Waals surface area (Å²) in [5, 5.41) is 23.7. The molecule has 2 unspecified atom stereocenters. The van der Waals surface area contributed by atoms with Gasteiger partial charge in [-0.25, -0.2) is 4.99 Å². The lowest BCUT2D eigenvalue weighted by molar-refractivity contribution is -0.276. The van der Waals surface area contributed by atoms with Gasteiger partial charge in [0.25, 0.3) is 0 Å². The number of aromatic hydroxyl groups is 1. The van der Waals surface area contributed by atoms with E-state index in [1.165, 1.54) is 6.42 Å². The van der Waals surface area contributed by atoms with Crippen molar-refractivity contribution in [1.82, 2.24) is 0 Å². The smallest absolute Gasteiger partial charge is 0.127 e. The highest BCUT2D eigenvalue weighted by atomic mass is 32.1. The molecule has 0 aromatic heterocycles. The third-order valence-corrected chi connectivity index (χ3v) is 9.70. The molecule has 6 aliphatic rings. The molecule has 1 aromatic carbocycles. The Morgan fingerprint density at radius 1 is 1.12 bits per heavy atom. The van der Waals surface area contributed by atoms with Crippen molar-refractivity contribution in [2.24, 2.45) is 28.7 Å². The van der Waals surface area contributed by atoms with Crippen molar-refractivity contribution in [2.45, 2.75) is 87.9 Å². The van der Waals surface area contributed by atoms with Crippen LogP contribution in [-0.2, 0) is 10.3 Å². The molecule has 0 radical (unpaired) electrons. The van der Waals surface area contributed by atoms with Crippen molar-refractivity contribution >= 4 is 17.4 Å². The highest BCUT2D eigenvalue weighted by molar-refractivity contribution is 7.78. The van der Waals surface area contributed by atoms with Crippen molar-refractivity contribution in [2.75, 3.05) is 13.2 Å². The topological polar surface area (TPSA) is 71.3 Å². The molecular weight excluding hydrogens is 434 g/mol. The SMILES string of the molecule is CC1(C)Oc2cc(C34CC5CC(CC(CN=C=S)(C5)O3)C4)cc(O)c2[C@@H]2C[C@H](CO)CC[C@H]21. The van der Waals surface area contributed by atoms with Crippen molar-refractivity contribution < 1.29 is 19.7 Å². The first kappa shape index (κ1) is 22.0. The molecule has 5 fully saturated rings. The Hall–Kier alpha value is -1.46.